The topological polar surface area (TPSA) is 0 Å². The predicted octanol–water partition coefficient (Wildman–Crippen LogP) is 8.74. The molecule has 0 aromatic carbocycles. The van der Waals surface area contributed by atoms with Gasteiger partial charge in [-0.05, 0) is 58.2 Å². The lowest BCUT2D eigenvalue weighted by atomic mass is 9.54. The maximum absolute atomic E-state index is 2.50. The second kappa shape index (κ2) is 6.96. The summed E-state index contributed by atoms with van der Waals surface area (Å²) in [6, 6.07) is 0. The molecule has 0 aliphatic carbocycles. The quantitative estimate of drug-likeness (QED) is 0.435. The summed E-state index contributed by atoms with van der Waals surface area (Å²) in [5.74, 6) is 0. The average molecular weight is 339 g/mol. The Kier molecular flexibility index (Phi) is 6.96. The van der Waals surface area contributed by atoms with Crippen molar-refractivity contribution < 1.29 is 0 Å². The third-order valence-corrected chi connectivity index (χ3v) is 5.69. The first-order valence-electron chi connectivity index (χ1n) is 10.1. The molecule has 0 aliphatic heterocycles. The molecule has 0 fully saturated rings. The van der Waals surface area contributed by atoms with Crippen LogP contribution in [0.5, 0.6) is 0 Å². The van der Waals surface area contributed by atoms with E-state index in [9.17, 15) is 0 Å². The third kappa shape index (κ3) is 8.91. The molecule has 0 bridgehead atoms. The smallest absolute Gasteiger partial charge is 0.0298 e. The summed E-state index contributed by atoms with van der Waals surface area (Å²) in [4.78, 5) is 0. The Bertz CT molecular complexity index is 351. The summed E-state index contributed by atoms with van der Waals surface area (Å²) in [5.41, 5.74) is 2.22. The molecule has 0 N–H and O–H groups in total. The Balaban J connectivity index is 5.24. The van der Waals surface area contributed by atoms with E-state index >= 15 is 0 Å². The highest BCUT2D eigenvalue weighted by atomic mass is 14.5. The molecule has 0 rings (SSSR count). The molecule has 0 heterocycles. The minimum absolute atomic E-state index is 0.330. The van der Waals surface area contributed by atoms with Crippen molar-refractivity contribution in [3.05, 3.63) is 0 Å². The zero-order chi connectivity index (χ0) is 19.8. The van der Waals surface area contributed by atoms with Gasteiger partial charge in [0.1, 0.15) is 0 Å². The number of rotatable bonds is 7. The summed E-state index contributed by atoms with van der Waals surface area (Å²) < 4.78 is 0. The van der Waals surface area contributed by atoms with Crippen molar-refractivity contribution in [3.63, 3.8) is 0 Å². The van der Waals surface area contributed by atoms with E-state index in [1.54, 1.807) is 0 Å². The van der Waals surface area contributed by atoms with Crippen LogP contribution in [0, 0.1) is 32.5 Å². The Hall–Kier alpha value is 0. The van der Waals surface area contributed by atoms with E-state index in [1.165, 1.54) is 25.7 Å². The lowest BCUT2D eigenvalue weighted by molar-refractivity contribution is -0.00396. The predicted molar refractivity (Wildman–Crippen MR) is 113 cm³/mol. The summed E-state index contributed by atoms with van der Waals surface area (Å²) in [6.45, 7) is 34.1. The first-order valence-corrected chi connectivity index (χ1v) is 10.1. The van der Waals surface area contributed by atoms with E-state index in [0.717, 1.165) is 0 Å². The van der Waals surface area contributed by atoms with Gasteiger partial charge in [-0.1, -0.05) is 96.9 Å². The SMILES string of the molecule is CC(C)(C)CC(C)(C)CC(C)(C)C(C)(C)CC(C)(C)CC(C)(C)C. The molecule has 0 spiro atoms. The van der Waals surface area contributed by atoms with E-state index in [4.69, 9.17) is 0 Å². The average Bonchev–Trinajstić information content (AvgIpc) is 2.01. The molecule has 0 aromatic rings. The van der Waals surface area contributed by atoms with Crippen molar-refractivity contribution in [2.45, 2.75) is 123 Å². The summed E-state index contributed by atoms with van der Waals surface area (Å²) in [6.07, 6.45) is 5.14. The fourth-order valence-corrected chi connectivity index (χ4v) is 5.87. The minimum atomic E-state index is 0.330. The fourth-order valence-electron chi connectivity index (χ4n) is 5.87. The van der Waals surface area contributed by atoms with Gasteiger partial charge in [-0.2, -0.15) is 0 Å². The van der Waals surface area contributed by atoms with E-state index in [1.807, 2.05) is 0 Å². The van der Waals surface area contributed by atoms with Gasteiger partial charge in [-0.25, -0.2) is 0 Å². The summed E-state index contributed by atoms with van der Waals surface area (Å²) in [7, 11) is 0. The van der Waals surface area contributed by atoms with Crippen molar-refractivity contribution in [2.24, 2.45) is 32.5 Å². The second-order valence-electron chi connectivity index (χ2n) is 13.9. The van der Waals surface area contributed by atoms with Crippen molar-refractivity contribution in [1.29, 1.82) is 0 Å². The maximum Gasteiger partial charge on any atom is -0.0298 e. The molecule has 0 amide bonds. The van der Waals surface area contributed by atoms with Crippen molar-refractivity contribution in [3.8, 4) is 0 Å². The zero-order valence-corrected chi connectivity index (χ0v) is 19.8. The molecule has 0 heteroatoms. The van der Waals surface area contributed by atoms with Crippen LogP contribution in [0.15, 0.2) is 0 Å². The van der Waals surface area contributed by atoms with Gasteiger partial charge in [0.05, 0.1) is 0 Å². The van der Waals surface area contributed by atoms with Crippen LogP contribution in [-0.4, -0.2) is 0 Å². The first kappa shape index (κ1) is 24.0. The molecule has 0 unspecified atom stereocenters. The first-order chi connectivity index (χ1) is 10.1. The standard InChI is InChI=1S/C24H50/c1-19(2,3)15-21(7,8)17-23(11,12)24(13,14)18-22(9,10)16-20(4,5)6/h15-18H2,1-14H3. The van der Waals surface area contributed by atoms with Crippen molar-refractivity contribution in [2.75, 3.05) is 0 Å². The van der Waals surface area contributed by atoms with Gasteiger partial charge >= 0.3 is 0 Å². The van der Waals surface area contributed by atoms with Crippen LogP contribution in [-0.2, 0) is 0 Å². The largest absolute Gasteiger partial charge is 0.0602 e. The minimum Gasteiger partial charge on any atom is -0.0602 e. The Labute approximate surface area is 155 Å². The van der Waals surface area contributed by atoms with Gasteiger partial charge < -0.3 is 0 Å². The molecule has 0 saturated carbocycles. The van der Waals surface area contributed by atoms with E-state index in [0.29, 0.717) is 32.5 Å². The molecule has 146 valence electrons. The second-order valence-corrected chi connectivity index (χ2v) is 13.9. The van der Waals surface area contributed by atoms with Gasteiger partial charge in [-0.3, -0.25) is 0 Å². The normalized spacial score (nSPS) is 15.8. The van der Waals surface area contributed by atoms with Gasteiger partial charge in [0.2, 0.25) is 0 Å². The van der Waals surface area contributed by atoms with Crippen LogP contribution >= 0.6 is 0 Å². The molecular weight excluding hydrogens is 288 g/mol. The monoisotopic (exact) mass is 338 g/mol. The highest BCUT2D eigenvalue weighted by Gasteiger charge is 2.44. The molecular formula is C24H50. The van der Waals surface area contributed by atoms with Gasteiger partial charge in [0, 0.05) is 0 Å². The fraction of sp³-hybridized carbons (Fsp3) is 1.00. The van der Waals surface area contributed by atoms with Gasteiger partial charge in [0.15, 0.2) is 0 Å². The van der Waals surface area contributed by atoms with Crippen molar-refractivity contribution in [1.82, 2.24) is 0 Å². The molecule has 0 radical (unpaired) electrons. The molecule has 0 nitrogen and oxygen atoms in total. The zero-order valence-electron chi connectivity index (χ0n) is 19.8. The number of hydrogen-bond donors (Lipinski definition) is 0. The van der Waals surface area contributed by atoms with E-state index in [-0.39, 0.29) is 0 Å². The maximum atomic E-state index is 2.50. The van der Waals surface area contributed by atoms with Crippen LogP contribution in [0.2, 0.25) is 0 Å². The van der Waals surface area contributed by atoms with Crippen LogP contribution in [0.4, 0.5) is 0 Å². The Morgan fingerprint density at radius 2 is 0.542 bits per heavy atom. The molecule has 0 aliphatic rings. The number of hydrogen-bond acceptors (Lipinski definition) is 0. The lowest BCUT2D eigenvalue weighted by Gasteiger charge is -2.51. The van der Waals surface area contributed by atoms with Crippen LogP contribution in [0.3, 0.4) is 0 Å². The third-order valence-electron chi connectivity index (χ3n) is 5.69. The van der Waals surface area contributed by atoms with Crippen LogP contribution < -0.4 is 0 Å². The molecule has 0 atom stereocenters. The molecule has 24 heavy (non-hydrogen) atoms. The summed E-state index contributed by atoms with van der Waals surface area (Å²) >= 11 is 0. The molecule has 0 aromatic heterocycles. The van der Waals surface area contributed by atoms with E-state index < -0.39 is 0 Å². The lowest BCUT2D eigenvalue weighted by Crippen LogP contribution is -2.41. The highest BCUT2D eigenvalue weighted by molar-refractivity contribution is 4.94. The van der Waals surface area contributed by atoms with Gasteiger partial charge in [-0.15, -0.1) is 0 Å². The van der Waals surface area contributed by atoms with Gasteiger partial charge in [0.25, 0.3) is 0 Å². The van der Waals surface area contributed by atoms with Crippen molar-refractivity contribution >= 4 is 0 Å². The Morgan fingerprint density at radius 1 is 0.333 bits per heavy atom. The van der Waals surface area contributed by atoms with Crippen LogP contribution in [0.1, 0.15) is 123 Å². The Morgan fingerprint density at radius 3 is 0.708 bits per heavy atom. The van der Waals surface area contributed by atoms with E-state index in [2.05, 4.69) is 96.9 Å². The van der Waals surface area contributed by atoms with Crippen LogP contribution in [0.25, 0.3) is 0 Å². The highest BCUT2D eigenvalue weighted by Crippen LogP contribution is 2.54. The molecule has 0 saturated heterocycles. The summed E-state index contributed by atoms with van der Waals surface area (Å²) in [5, 5.41) is 0.